The van der Waals surface area contributed by atoms with Gasteiger partial charge in [-0.05, 0) is 51.9 Å². The van der Waals surface area contributed by atoms with Crippen LogP contribution in [0.3, 0.4) is 0 Å². The van der Waals surface area contributed by atoms with E-state index in [-0.39, 0.29) is 42.8 Å². The molecule has 1 saturated heterocycles. The van der Waals surface area contributed by atoms with Crippen LogP contribution in [0.2, 0.25) is 0 Å². The minimum absolute atomic E-state index is 0.0496. The van der Waals surface area contributed by atoms with Crippen LogP contribution in [0.5, 0.6) is 0 Å². The minimum Gasteiger partial charge on any atom is -0.346 e. The molecule has 2 aliphatic heterocycles. The molecule has 0 spiro atoms. The first-order valence-electron chi connectivity index (χ1n) is 17.8. The number of rotatable bonds is 13. The first-order chi connectivity index (χ1) is 23.6. The number of hydrogen-bond donors (Lipinski definition) is 4. The lowest BCUT2D eigenvalue weighted by Gasteiger charge is -2.39. The number of urea groups is 1. The number of nitrogens with one attached hydrogen (secondary N) is 4. The summed E-state index contributed by atoms with van der Waals surface area (Å²) in [6.07, 6.45) is 3.65. The van der Waals surface area contributed by atoms with Crippen LogP contribution in [0.25, 0.3) is 0 Å². The van der Waals surface area contributed by atoms with E-state index in [1.165, 1.54) is 26.6 Å². The number of nitrogens with zero attached hydrogens (tertiary/aromatic N) is 2. The Morgan fingerprint density at radius 1 is 1.04 bits per heavy atom. The van der Waals surface area contributed by atoms with Crippen molar-refractivity contribution >= 4 is 50.9 Å². The van der Waals surface area contributed by atoms with Gasteiger partial charge in [-0.15, -0.1) is 17.9 Å². The summed E-state index contributed by atoms with van der Waals surface area (Å²) in [7, 11) is -3.69. The van der Waals surface area contributed by atoms with Crippen LogP contribution in [-0.2, 0) is 35.7 Å². The van der Waals surface area contributed by atoms with Gasteiger partial charge in [0.2, 0.25) is 27.6 Å². The number of carbonyl (C=O) groups excluding carboxylic acids is 5. The predicted octanol–water partition coefficient (Wildman–Crippen LogP) is 3.02. The van der Waals surface area contributed by atoms with Crippen molar-refractivity contribution in [3.63, 3.8) is 0 Å². The van der Waals surface area contributed by atoms with Crippen LogP contribution >= 0.6 is 11.3 Å². The Balaban J connectivity index is 1.32. The third-order valence-electron chi connectivity index (χ3n) is 11.1. The highest BCUT2D eigenvalue weighted by Gasteiger charge is 2.70. The Kier molecular flexibility index (Phi) is 10.6. The second-order valence-electron chi connectivity index (χ2n) is 17.3. The Morgan fingerprint density at radius 2 is 1.71 bits per heavy atom. The molecule has 51 heavy (non-hydrogen) atoms. The van der Waals surface area contributed by atoms with Crippen molar-refractivity contribution in [3.8, 4) is 0 Å². The van der Waals surface area contributed by atoms with Crippen molar-refractivity contribution in [1.82, 2.24) is 30.5 Å². The first-order valence-corrected chi connectivity index (χ1v) is 20.1. The normalized spacial score (nSPS) is 25.1. The Hall–Kier alpha value is -3.30. The Morgan fingerprint density at radius 3 is 2.27 bits per heavy atom. The molecule has 4 aliphatic rings. The highest BCUT2D eigenvalue weighted by molar-refractivity contribution is 7.89. The van der Waals surface area contributed by atoms with E-state index in [0.29, 0.717) is 17.9 Å². The van der Waals surface area contributed by atoms with Gasteiger partial charge >= 0.3 is 6.03 Å². The maximum atomic E-state index is 14.5. The van der Waals surface area contributed by atoms with Crippen molar-refractivity contribution in [2.45, 2.75) is 110 Å². The molecule has 2 aliphatic carbocycles. The number of hydrogen-bond acceptors (Lipinski definition) is 8. The standard InChI is InChI=1S/C36H54N6O7S2/c1-10-14-37-31(45)28(43)22(16-20-11-12-20)38-30(44)27-26-21(36(26,8)9)17-42(27)32(46)29(35(5,6)7)40-33(47)39-25(34(2,3)4)19-41-18-23-24(13-15-50-23)51(41,48)49/h10,13,15,20-22,25-27,29H,1,11-12,14,16-19H2,2-9H3,(H,37,45)(H,38,44)(H2,39,40,47)/t21-,22?,25?,26-,27-,29+/m0/s1. The van der Waals surface area contributed by atoms with Crippen molar-refractivity contribution in [2.75, 3.05) is 19.6 Å². The van der Waals surface area contributed by atoms with E-state index < -0.39 is 74.6 Å². The summed E-state index contributed by atoms with van der Waals surface area (Å²) in [5, 5.41) is 12.9. The summed E-state index contributed by atoms with van der Waals surface area (Å²) in [6, 6.07) is -2.56. The van der Waals surface area contributed by atoms with Crippen molar-refractivity contribution in [1.29, 1.82) is 0 Å². The number of sulfonamides is 1. The number of likely N-dealkylation sites (tertiary alicyclic amines) is 1. The summed E-state index contributed by atoms with van der Waals surface area (Å²) in [4.78, 5) is 70.7. The molecule has 13 nitrogen and oxygen atoms in total. The molecule has 0 bridgehead atoms. The number of thiophene rings is 1. The topological polar surface area (TPSA) is 174 Å². The van der Waals surface area contributed by atoms with Crippen LogP contribution in [0.4, 0.5) is 4.79 Å². The molecule has 15 heteroatoms. The molecule has 5 rings (SSSR count). The van der Waals surface area contributed by atoms with Crippen molar-refractivity contribution < 1.29 is 32.4 Å². The largest absolute Gasteiger partial charge is 0.346 e. The van der Waals surface area contributed by atoms with Gasteiger partial charge in [-0.1, -0.05) is 74.3 Å². The predicted molar refractivity (Wildman–Crippen MR) is 194 cm³/mol. The number of amides is 5. The summed E-state index contributed by atoms with van der Waals surface area (Å²) < 4.78 is 27.8. The lowest BCUT2D eigenvalue weighted by atomic mass is 9.85. The molecular weight excluding hydrogens is 693 g/mol. The van der Waals surface area contributed by atoms with Crippen LogP contribution in [0.15, 0.2) is 29.0 Å². The third-order valence-corrected chi connectivity index (χ3v) is 14.0. The van der Waals surface area contributed by atoms with Crippen LogP contribution in [0, 0.1) is 34.0 Å². The quantitative estimate of drug-likeness (QED) is 0.177. The van der Waals surface area contributed by atoms with E-state index in [0.717, 1.165) is 17.7 Å². The van der Waals surface area contributed by atoms with Gasteiger partial charge < -0.3 is 26.2 Å². The zero-order valence-corrected chi connectivity index (χ0v) is 32.6. The van der Waals surface area contributed by atoms with Gasteiger partial charge in [0.1, 0.15) is 12.1 Å². The smallest absolute Gasteiger partial charge is 0.315 e. The highest BCUT2D eigenvalue weighted by atomic mass is 32.2. The lowest BCUT2D eigenvalue weighted by molar-refractivity contribution is -0.145. The van der Waals surface area contributed by atoms with E-state index >= 15 is 0 Å². The number of Topliss-reactive ketones (excluding diaryl/α,β-unsaturated/α-hetero) is 1. The second kappa shape index (κ2) is 13.9. The monoisotopic (exact) mass is 746 g/mol. The Labute approximate surface area is 305 Å². The summed E-state index contributed by atoms with van der Waals surface area (Å²) in [6.45, 7) is 19.6. The number of carbonyl (C=O) groups is 5. The molecule has 282 valence electrons. The average Bonchev–Trinajstić information content (AvgIpc) is 3.70. The molecule has 4 N–H and O–H groups in total. The molecule has 0 aromatic carbocycles. The fourth-order valence-electron chi connectivity index (χ4n) is 7.51. The molecule has 0 radical (unpaired) electrons. The zero-order chi connectivity index (χ0) is 37.8. The average molecular weight is 747 g/mol. The van der Waals surface area contributed by atoms with Crippen LogP contribution in [0.1, 0.15) is 79.5 Å². The zero-order valence-electron chi connectivity index (χ0n) is 31.0. The van der Waals surface area contributed by atoms with Crippen molar-refractivity contribution in [2.24, 2.45) is 34.0 Å². The molecule has 6 atom stereocenters. The SMILES string of the molecule is C=CCNC(=O)C(=O)C(CC1CC1)NC(=O)[C@@H]1[C@@H]2[C@H](CN1C(=O)[C@@H](NC(=O)NC(CN1Cc3sccc3S1(=O)=O)C(C)(C)C)C(C)(C)C)C2(C)C. The molecule has 3 heterocycles. The van der Waals surface area contributed by atoms with Gasteiger partial charge in [0.15, 0.2) is 0 Å². The van der Waals surface area contributed by atoms with Gasteiger partial charge in [0, 0.05) is 37.1 Å². The van der Waals surface area contributed by atoms with Gasteiger partial charge in [-0.25, -0.2) is 13.2 Å². The van der Waals surface area contributed by atoms with E-state index in [1.807, 2.05) is 41.5 Å². The fourth-order valence-corrected chi connectivity index (χ4v) is 10.4. The van der Waals surface area contributed by atoms with Crippen LogP contribution < -0.4 is 21.3 Å². The van der Waals surface area contributed by atoms with E-state index in [4.69, 9.17) is 0 Å². The summed E-state index contributed by atoms with van der Waals surface area (Å²) in [5.74, 6) is -2.29. The van der Waals surface area contributed by atoms with Crippen molar-refractivity contribution in [3.05, 3.63) is 29.0 Å². The van der Waals surface area contributed by atoms with E-state index in [2.05, 4.69) is 41.7 Å². The number of piperidine rings is 1. The van der Waals surface area contributed by atoms with Gasteiger partial charge in [-0.3, -0.25) is 19.2 Å². The summed E-state index contributed by atoms with van der Waals surface area (Å²) >= 11 is 1.38. The van der Waals surface area contributed by atoms with Crippen LogP contribution in [-0.4, -0.2) is 91.0 Å². The second-order valence-corrected chi connectivity index (χ2v) is 20.2. The molecular formula is C36H54N6O7S2. The molecule has 1 aromatic rings. The molecule has 1 aromatic heterocycles. The fraction of sp³-hybridized carbons (Fsp3) is 0.694. The van der Waals surface area contributed by atoms with E-state index in [9.17, 15) is 32.4 Å². The molecule has 2 unspecified atom stereocenters. The number of ketones is 1. The molecule has 3 fully saturated rings. The van der Waals surface area contributed by atoms with Gasteiger partial charge in [-0.2, -0.15) is 4.31 Å². The minimum atomic E-state index is -3.69. The van der Waals surface area contributed by atoms with E-state index in [1.54, 1.807) is 11.4 Å². The van der Waals surface area contributed by atoms with Gasteiger partial charge in [0.05, 0.1) is 10.9 Å². The van der Waals surface area contributed by atoms with Gasteiger partial charge in [0.25, 0.3) is 5.91 Å². The molecule has 5 amide bonds. The first kappa shape index (κ1) is 38.9. The molecule has 2 saturated carbocycles. The maximum Gasteiger partial charge on any atom is 0.315 e. The maximum absolute atomic E-state index is 14.5. The third kappa shape index (κ3) is 8.04. The number of fused-ring (bicyclic) bond motifs is 2. The Bertz CT molecular complexity index is 1690. The highest BCUT2D eigenvalue weighted by Crippen LogP contribution is 2.65. The lowest BCUT2D eigenvalue weighted by Crippen LogP contribution is -2.62. The summed E-state index contributed by atoms with van der Waals surface area (Å²) in [5.41, 5.74) is -1.52.